The molecule has 0 aliphatic rings. The Labute approximate surface area is 181 Å². The van der Waals surface area contributed by atoms with E-state index in [1.54, 1.807) is 36.4 Å². The molecule has 31 heavy (non-hydrogen) atoms. The molecule has 3 aromatic rings. The number of hydrogen-bond donors (Lipinski definition) is 2. The van der Waals surface area contributed by atoms with Gasteiger partial charge in [0.25, 0.3) is 0 Å². The maximum absolute atomic E-state index is 12.9. The molecule has 0 atom stereocenters. The van der Waals surface area contributed by atoms with Crippen molar-refractivity contribution in [1.29, 1.82) is 0 Å². The summed E-state index contributed by atoms with van der Waals surface area (Å²) in [7, 11) is -1.85. The molecule has 0 fully saturated rings. The number of nitrogens with zero attached hydrogens (tertiary/aromatic N) is 1. The van der Waals surface area contributed by atoms with Crippen molar-refractivity contribution in [3.8, 4) is 0 Å². The fourth-order valence-corrected chi connectivity index (χ4v) is 4.44. The van der Waals surface area contributed by atoms with Crippen molar-refractivity contribution in [2.45, 2.75) is 19.8 Å². The number of aliphatic carboxylic acids is 1. The smallest absolute Gasteiger partial charge is 0.304 e. The van der Waals surface area contributed by atoms with Crippen LogP contribution in [0.3, 0.4) is 0 Å². The van der Waals surface area contributed by atoms with E-state index in [1.165, 1.54) is 0 Å². The van der Waals surface area contributed by atoms with Gasteiger partial charge >= 0.3 is 5.97 Å². The molecule has 0 bridgehead atoms. The lowest BCUT2D eigenvalue weighted by Gasteiger charge is -2.10. The number of carbonyl (C=O) groups is 2. The quantitative estimate of drug-likeness (QED) is 0.496. The Hall–Kier alpha value is -3.39. The molecule has 0 aliphatic carbocycles. The zero-order valence-electron chi connectivity index (χ0n) is 17.3. The SMILES string of the molecule is Cc1cc(Cc2ccc(NS(=O)(=O)CCC(=O)O)cc2)n(C)c1C(=O)c1ccccc1. The van der Waals surface area contributed by atoms with Crippen LogP contribution < -0.4 is 4.72 Å². The summed E-state index contributed by atoms with van der Waals surface area (Å²) in [6.07, 6.45) is 0.121. The third-order valence-corrected chi connectivity index (χ3v) is 6.26. The van der Waals surface area contributed by atoms with Gasteiger partial charge in [0.15, 0.2) is 0 Å². The van der Waals surface area contributed by atoms with E-state index in [9.17, 15) is 18.0 Å². The summed E-state index contributed by atoms with van der Waals surface area (Å²) in [5, 5.41) is 8.65. The van der Waals surface area contributed by atoms with Crippen molar-refractivity contribution in [3.63, 3.8) is 0 Å². The zero-order chi connectivity index (χ0) is 22.6. The van der Waals surface area contributed by atoms with Gasteiger partial charge in [-0.1, -0.05) is 42.5 Å². The van der Waals surface area contributed by atoms with Gasteiger partial charge in [-0.15, -0.1) is 0 Å². The minimum absolute atomic E-state index is 0.0297. The van der Waals surface area contributed by atoms with E-state index in [1.807, 2.05) is 42.8 Å². The van der Waals surface area contributed by atoms with Gasteiger partial charge in [-0.2, -0.15) is 0 Å². The van der Waals surface area contributed by atoms with Crippen LogP contribution >= 0.6 is 0 Å². The summed E-state index contributed by atoms with van der Waals surface area (Å²) < 4.78 is 28.2. The average Bonchev–Trinajstić information content (AvgIpc) is 3.01. The Kier molecular flexibility index (Phi) is 6.60. The van der Waals surface area contributed by atoms with E-state index in [-0.39, 0.29) is 5.78 Å². The number of sulfonamides is 1. The Morgan fingerprint density at radius 2 is 1.68 bits per heavy atom. The second kappa shape index (κ2) is 9.18. The van der Waals surface area contributed by atoms with E-state index in [0.717, 1.165) is 16.8 Å². The minimum Gasteiger partial charge on any atom is -0.481 e. The summed E-state index contributed by atoms with van der Waals surface area (Å²) in [4.78, 5) is 23.5. The number of carbonyl (C=O) groups excluding carboxylic acids is 1. The average molecular weight is 441 g/mol. The molecule has 162 valence electrons. The molecule has 0 unspecified atom stereocenters. The maximum atomic E-state index is 12.9. The predicted octanol–water partition coefficient (Wildman–Crippen LogP) is 3.37. The highest BCUT2D eigenvalue weighted by Gasteiger charge is 2.18. The first-order valence-electron chi connectivity index (χ1n) is 9.72. The van der Waals surface area contributed by atoms with E-state index in [2.05, 4.69) is 4.72 Å². The van der Waals surface area contributed by atoms with Crippen LogP contribution in [0.5, 0.6) is 0 Å². The topological polar surface area (TPSA) is 105 Å². The fourth-order valence-electron chi connectivity index (χ4n) is 3.40. The normalized spacial score (nSPS) is 11.3. The van der Waals surface area contributed by atoms with Gasteiger partial charge in [-0.05, 0) is 36.2 Å². The lowest BCUT2D eigenvalue weighted by atomic mass is 10.1. The molecule has 0 saturated heterocycles. The molecule has 8 heteroatoms. The lowest BCUT2D eigenvalue weighted by Crippen LogP contribution is -2.18. The zero-order valence-corrected chi connectivity index (χ0v) is 18.1. The first-order valence-corrected chi connectivity index (χ1v) is 11.4. The monoisotopic (exact) mass is 440 g/mol. The summed E-state index contributed by atoms with van der Waals surface area (Å²) >= 11 is 0. The number of nitrogens with one attached hydrogen (secondary N) is 1. The van der Waals surface area contributed by atoms with Crippen molar-refractivity contribution in [1.82, 2.24) is 4.57 Å². The van der Waals surface area contributed by atoms with Crippen molar-refractivity contribution in [2.75, 3.05) is 10.5 Å². The van der Waals surface area contributed by atoms with Crippen LogP contribution in [0.4, 0.5) is 5.69 Å². The summed E-state index contributed by atoms with van der Waals surface area (Å²) in [5.74, 6) is -1.67. The van der Waals surface area contributed by atoms with Crippen LogP contribution in [0.25, 0.3) is 0 Å². The molecular weight excluding hydrogens is 416 g/mol. The number of benzene rings is 2. The minimum atomic E-state index is -3.72. The van der Waals surface area contributed by atoms with Crippen LogP contribution in [0, 0.1) is 6.92 Å². The largest absolute Gasteiger partial charge is 0.481 e. The van der Waals surface area contributed by atoms with E-state index in [4.69, 9.17) is 5.11 Å². The van der Waals surface area contributed by atoms with Gasteiger partial charge in [-0.3, -0.25) is 14.3 Å². The number of hydrogen-bond acceptors (Lipinski definition) is 4. The van der Waals surface area contributed by atoms with Crippen LogP contribution in [-0.2, 0) is 28.3 Å². The Morgan fingerprint density at radius 3 is 2.29 bits per heavy atom. The number of carboxylic acid groups (broad SMARTS) is 1. The Morgan fingerprint density at radius 1 is 1.03 bits per heavy atom. The van der Waals surface area contributed by atoms with Gasteiger partial charge in [0.05, 0.1) is 17.9 Å². The Balaban J connectivity index is 1.74. The van der Waals surface area contributed by atoms with Crippen molar-refractivity contribution >= 4 is 27.5 Å². The van der Waals surface area contributed by atoms with Crippen molar-refractivity contribution in [3.05, 3.63) is 88.7 Å². The summed E-state index contributed by atoms with van der Waals surface area (Å²) in [6.45, 7) is 1.91. The number of carboxylic acids is 1. The van der Waals surface area contributed by atoms with Gasteiger partial charge < -0.3 is 9.67 Å². The fraction of sp³-hybridized carbons (Fsp3) is 0.217. The van der Waals surface area contributed by atoms with Crippen LogP contribution in [-0.4, -0.2) is 35.6 Å². The maximum Gasteiger partial charge on any atom is 0.304 e. The lowest BCUT2D eigenvalue weighted by molar-refractivity contribution is -0.136. The molecule has 2 aromatic carbocycles. The molecule has 0 spiro atoms. The van der Waals surface area contributed by atoms with Crippen molar-refractivity contribution < 1.29 is 23.1 Å². The second-order valence-corrected chi connectivity index (χ2v) is 9.20. The third kappa shape index (κ3) is 5.61. The van der Waals surface area contributed by atoms with Crippen molar-refractivity contribution in [2.24, 2.45) is 7.05 Å². The molecule has 1 heterocycles. The van der Waals surface area contributed by atoms with Gasteiger partial charge in [0, 0.05) is 30.4 Å². The third-order valence-electron chi connectivity index (χ3n) is 4.97. The molecule has 0 saturated carbocycles. The van der Waals surface area contributed by atoms with E-state index in [0.29, 0.717) is 23.4 Å². The number of anilines is 1. The molecule has 0 radical (unpaired) electrons. The van der Waals surface area contributed by atoms with Gasteiger partial charge in [0.2, 0.25) is 15.8 Å². The first-order chi connectivity index (χ1) is 14.7. The predicted molar refractivity (Wildman–Crippen MR) is 119 cm³/mol. The molecule has 3 rings (SSSR count). The molecule has 7 nitrogen and oxygen atoms in total. The molecule has 0 amide bonds. The number of aryl methyl sites for hydroxylation is 1. The highest BCUT2D eigenvalue weighted by Crippen LogP contribution is 2.21. The Bertz CT molecular complexity index is 1200. The second-order valence-electron chi connectivity index (χ2n) is 7.36. The van der Waals surface area contributed by atoms with E-state index < -0.39 is 28.2 Å². The first kappa shape index (κ1) is 22.3. The van der Waals surface area contributed by atoms with Crippen LogP contribution in [0.2, 0.25) is 0 Å². The van der Waals surface area contributed by atoms with Gasteiger partial charge in [-0.25, -0.2) is 8.42 Å². The standard InChI is InChI=1S/C23H24N2O5S/c1-16-14-20(25(2)22(16)23(28)18-6-4-3-5-7-18)15-17-8-10-19(11-9-17)24-31(29,30)13-12-21(26)27/h3-11,14,24H,12-13,15H2,1-2H3,(H,26,27). The molecule has 1 aromatic heterocycles. The summed E-state index contributed by atoms with van der Waals surface area (Å²) in [5.41, 5.74) is 4.47. The van der Waals surface area contributed by atoms with Gasteiger partial charge in [0.1, 0.15) is 0 Å². The summed E-state index contributed by atoms with van der Waals surface area (Å²) in [6, 6.07) is 18.0. The molecular formula is C23H24N2O5S. The highest BCUT2D eigenvalue weighted by atomic mass is 32.2. The number of ketones is 1. The molecule has 2 N–H and O–H groups in total. The van der Waals surface area contributed by atoms with Crippen LogP contribution in [0.1, 0.15) is 39.3 Å². The number of rotatable bonds is 9. The van der Waals surface area contributed by atoms with Crippen LogP contribution in [0.15, 0.2) is 60.7 Å². The number of aromatic nitrogens is 1. The molecule has 0 aliphatic heterocycles. The van der Waals surface area contributed by atoms with E-state index >= 15 is 0 Å². The highest BCUT2D eigenvalue weighted by molar-refractivity contribution is 7.92.